The lowest BCUT2D eigenvalue weighted by Gasteiger charge is -2.11. The van der Waals surface area contributed by atoms with Gasteiger partial charge in [-0.05, 0) is 66.3 Å². The highest BCUT2D eigenvalue weighted by Crippen LogP contribution is 2.36. The van der Waals surface area contributed by atoms with Gasteiger partial charge in [-0.25, -0.2) is 0 Å². The zero-order valence-electron chi connectivity index (χ0n) is 17.5. The Kier molecular flexibility index (Phi) is 4.11. The third kappa shape index (κ3) is 2.76. The third-order valence-corrected chi connectivity index (χ3v) is 6.41. The molecule has 6 aromatic carbocycles. The molecule has 0 amide bonds. The minimum absolute atomic E-state index is 1.27. The molecule has 0 heterocycles. The molecule has 0 atom stereocenters. The van der Waals surface area contributed by atoms with Crippen LogP contribution >= 0.6 is 0 Å². The number of benzene rings is 5. The summed E-state index contributed by atoms with van der Waals surface area (Å²) in [5.74, 6) is 0. The number of hydrogen-bond acceptors (Lipinski definition) is 0. The van der Waals surface area contributed by atoms with Gasteiger partial charge in [-0.3, -0.25) is 0 Å². The molecule has 0 aliphatic carbocycles. The van der Waals surface area contributed by atoms with Gasteiger partial charge >= 0.3 is 0 Å². The van der Waals surface area contributed by atoms with E-state index >= 15 is 0 Å². The van der Waals surface area contributed by atoms with Crippen molar-refractivity contribution in [3.63, 3.8) is 0 Å². The fourth-order valence-electron chi connectivity index (χ4n) is 5.04. The molecule has 0 unspecified atom stereocenters. The molecule has 0 bridgehead atoms. The van der Waals surface area contributed by atoms with Crippen molar-refractivity contribution in [1.82, 2.24) is 0 Å². The molecular formula is C31H22. The first-order chi connectivity index (χ1) is 15.3. The molecule has 6 aromatic rings. The molecule has 0 aliphatic rings. The molecule has 0 nitrogen and oxygen atoms in total. The van der Waals surface area contributed by atoms with Crippen LogP contribution in [-0.4, -0.2) is 0 Å². The summed E-state index contributed by atoms with van der Waals surface area (Å²) >= 11 is 0. The molecule has 31 heavy (non-hydrogen) atoms. The first kappa shape index (κ1) is 17.9. The molecule has 0 heteroatoms. The minimum atomic E-state index is 1.27. The van der Waals surface area contributed by atoms with Crippen molar-refractivity contribution in [2.75, 3.05) is 0 Å². The molecule has 0 aliphatic heterocycles. The second kappa shape index (κ2) is 7.11. The summed E-state index contributed by atoms with van der Waals surface area (Å²) in [5.41, 5.74) is 1.30. The van der Waals surface area contributed by atoms with Gasteiger partial charge in [0.15, 0.2) is 0 Å². The Morgan fingerprint density at radius 3 is 0.903 bits per heavy atom. The maximum atomic E-state index is 2.27. The molecule has 6 rings (SSSR count). The monoisotopic (exact) mass is 394 g/mol. The highest BCUT2D eigenvalue weighted by molar-refractivity contribution is 6.26. The van der Waals surface area contributed by atoms with Crippen LogP contribution in [0.25, 0.3) is 53.9 Å². The van der Waals surface area contributed by atoms with Crippen LogP contribution in [0.1, 0.15) is 5.56 Å². The van der Waals surface area contributed by atoms with Crippen molar-refractivity contribution in [1.29, 1.82) is 0 Å². The smallest absolute Gasteiger partial charge is 0.00697 e. The van der Waals surface area contributed by atoms with Gasteiger partial charge in [0.25, 0.3) is 0 Å². The van der Waals surface area contributed by atoms with E-state index in [9.17, 15) is 0 Å². The zero-order valence-corrected chi connectivity index (χ0v) is 17.5. The first-order valence-electron chi connectivity index (χ1n) is 10.8. The Balaban J connectivity index is 2.15. The molecule has 0 fully saturated rings. The van der Waals surface area contributed by atoms with Crippen LogP contribution in [0.2, 0.25) is 0 Å². The van der Waals surface area contributed by atoms with E-state index < -0.39 is 0 Å². The fraction of sp³-hybridized carbons (Fsp3) is 0.0323. The number of hydrogen-bond donors (Lipinski definition) is 0. The van der Waals surface area contributed by atoms with Crippen LogP contribution in [0.4, 0.5) is 0 Å². The van der Waals surface area contributed by atoms with Gasteiger partial charge in [-0.1, -0.05) is 115 Å². The summed E-state index contributed by atoms with van der Waals surface area (Å²) in [6, 6.07) is 42.0. The van der Waals surface area contributed by atoms with Crippen LogP contribution in [-0.2, 0) is 0 Å². The average molecular weight is 395 g/mol. The molecule has 0 aromatic heterocycles. The van der Waals surface area contributed by atoms with Gasteiger partial charge in [-0.15, -0.1) is 0 Å². The predicted octanol–water partition coefficient (Wildman–Crippen LogP) is 8.89. The first-order valence-corrected chi connectivity index (χ1v) is 10.8. The van der Waals surface area contributed by atoms with Crippen LogP contribution in [0, 0.1) is 6.92 Å². The lowest BCUT2D eigenvalue weighted by atomic mass is 9.93. The average Bonchev–Trinajstić information content (AvgIpc) is 2.84. The van der Waals surface area contributed by atoms with E-state index in [1.807, 2.05) is 0 Å². The Labute approximate surface area is 181 Å². The van der Waals surface area contributed by atoms with Crippen molar-refractivity contribution in [3.8, 4) is 0 Å². The minimum Gasteiger partial charge on any atom is -0.0616 e. The zero-order chi connectivity index (χ0) is 20.8. The molecular weight excluding hydrogens is 372 g/mol. The standard InChI is InChI=1S/C31H22/c1-21-11-10-20-30-28-17-7-6-16-26(28)24-13-3-2-12-22(24)23-14-4-5-15-25(23)27-18-8-9-19-29(27)31(21)30/h2-20H,1H3. The summed E-state index contributed by atoms with van der Waals surface area (Å²) in [6.45, 7) is 2.23. The normalized spacial score (nSPS) is 11.4. The van der Waals surface area contributed by atoms with Crippen LogP contribution < -0.4 is 0 Å². The van der Waals surface area contributed by atoms with E-state index in [4.69, 9.17) is 0 Å². The lowest BCUT2D eigenvalue weighted by molar-refractivity contribution is 1.55. The van der Waals surface area contributed by atoms with E-state index in [1.54, 1.807) is 0 Å². The SMILES string of the molecule is Cc1cccc2c3ccccc3c3ccccc3c3ccccc3c3ccccc3c12. The summed E-state index contributed by atoms with van der Waals surface area (Å²) < 4.78 is 0. The molecule has 0 saturated heterocycles. The highest BCUT2D eigenvalue weighted by atomic mass is 14.1. The van der Waals surface area contributed by atoms with Crippen molar-refractivity contribution in [2.24, 2.45) is 0 Å². The van der Waals surface area contributed by atoms with E-state index in [2.05, 4.69) is 122 Å². The molecule has 0 N–H and O–H groups in total. The second-order valence-electron chi connectivity index (χ2n) is 8.18. The number of aryl methyl sites for hydroxylation is 1. The number of rotatable bonds is 0. The topological polar surface area (TPSA) is 0 Å². The third-order valence-electron chi connectivity index (χ3n) is 6.41. The Morgan fingerprint density at radius 1 is 0.290 bits per heavy atom. The molecule has 0 saturated carbocycles. The van der Waals surface area contributed by atoms with Gasteiger partial charge < -0.3 is 0 Å². The molecule has 0 radical (unpaired) electrons. The van der Waals surface area contributed by atoms with E-state index in [0.717, 1.165) is 0 Å². The van der Waals surface area contributed by atoms with Crippen LogP contribution in [0.3, 0.4) is 0 Å². The van der Waals surface area contributed by atoms with Crippen LogP contribution in [0.15, 0.2) is 115 Å². The van der Waals surface area contributed by atoms with Gasteiger partial charge in [0.05, 0.1) is 0 Å². The largest absolute Gasteiger partial charge is 0.0616 e. The Hall–Kier alpha value is -3.90. The summed E-state index contributed by atoms with van der Waals surface area (Å²) in [7, 11) is 0. The van der Waals surface area contributed by atoms with Gasteiger partial charge in [0, 0.05) is 0 Å². The molecule has 146 valence electrons. The van der Waals surface area contributed by atoms with Gasteiger partial charge in [0.1, 0.15) is 0 Å². The maximum Gasteiger partial charge on any atom is -0.00697 e. The lowest BCUT2D eigenvalue weighted by Crippen LogP contribution is -1.84. The van der Waals surface area contributed by atoms with E-state index in [-0.39, 0.29) is 0 Å². The quantitative estimate of drug-likeness (QED) is 0.241. The summed E-state index contributed by atoms with van der Waals surface area (Å²) in [4.78, 5) is 0. The molecule has 0 spiro atoms. The van der Waals surface area contributed by atoms with Crippen molar-refractivity contribution < 1.29 is 0 Å². The van der Waals surface area contributed by atoms with Crippen molar-refractivity contribution in [3.05, 3.63) is 121 Å². The van der Waals surface area contributed by atoms with Crippen LogP contribution in [0.5, 0.6) is 0 Å². The van der Waals surface area contributed by atoms with Crippen molar-refractivity contribution in [2.45, 2.75) is 6.92 Å². The maximum absolute atomic E-state index is 2.27. The van der Waals surface area contributed by atoms with Crippen molar-refractivity contribution >= 4 is 53.9 Å². The van der Waals surface area contributed by atoms with Gasteiger partial charge in [0.2, 0.25) is 0 Å². The second-order valence-corrected chi connectivity index (χ2v) is 8.18. The summed E-state index contributed by atoms with van der Waals surface area (Å²) in [5, 5.41) is 12.8. The highest BCUT2D eigenvalue weighted by Gasteiger charge is 2.08. The Bertz CT molecular complexity index is 1600. The van der Waals surface area contributed by atoms with E-state index in [1.165, 1.54) is 59.4 Å². The fourth-order valence-corrected chi connectivity index (χ4v) is 5.04. The van der Waals surface area contributed by atoms with Gasteiger partial charge in [-0.2, -0.15) is 0 Å². The predicted molar refractivity (Wildman–Crippen MR) is 136 cm³/mol. The summed E-state index contributed by atoms with van der Waals surface area (Å²) in [6.07, 6.45) is 0. The Morgan fingerprint density at radius 2 is 0.548 bits per heavy atom. The van der Waals surface area contributed by atoms with E-state index in [0.29, 0.717) is 0 Å². The number of fused-ring (bicyclic) bond motifs is 10.